The summed E-state index contributed by atoms with van der Waals surface area (Å²) in [5.74, 6) is -22.4. The van der Waals surface area contributed by atoms with Crippen molar-refractivity contribution in [2.45, 2.75) is 41.9 Å². The number of carbonyl (C=O) groups excluding carboxylic acids is 4. The number of alkyl halides is 2. The Balaban J connectivity index is 1.44. The molecule has 2 heterocycles. The third kappa shape index (κ3) is 4.22. The lowest BCUT2D eigenvalue weighted by Crippen LogP contribution is -2.60. The number of nitrogens with zero attached hydrogens (tertiary/aromatic N) is 2. The number of phenols is 1. The average Bonchev–Trinajstić information content (AvgIpc) is 3.44. The highest BCUT2D eigenvalue weighted by Crippen LogP contribution is 2.67. The number of ether oxygens (including phenoxy) is 1. The Bertz CT molecular complexity index is 2050. The lowest BCUT2D eigenvalue weighted by molar-refractivity contribution is -0.125. The Morgan fingerprint density at radius 1 is 0.840 bits per heavy atom. The molecule has 3 aromatic carbocycles. The largest absolute Gasteiger partial charge is 0.508 e. The van der Waals surface area contributed by atoms with Crippen molar-refractivity contribution in [1.29, 1.82) is 0 Å². The number of aromatic hydroxyl groups is 1. The van der Waals surface area contributed by atoms with Gasteiger partial charge >= 0.3 is 0 Å². The molecule has 50 heavy (non-hydrogen) atoms. The normalized spacial score (nSPS) is 28.9. The molecule has 4 amide bonds. The molecule has 0 aromatic heterocycles. The van der Waals surface area contributed by atoms with Gasteiger partial charge in [-0.25, -0.2) is 26.9 Å². The highest BCUT2D eigenvalue weighted by atomic mass is 35.5. The number of fused-ring (bicyclic) bond motifs is 4. The van der Waals surface area contributed by atoms with Gasteiger partial charge in [0.15, 0.2) is 33.0 Å². The van der Waals surface area contributed by atoms with Crippen molar-refractivity contribution in [1.82, 2.24) is 0 Å². The first-order chi connectivity index (χ1) is 23.6. The van der Waals surface area contributed by atoms with Crippen molar-refractivity contribution in [3.05, 3.63) is 94.3 Å². The van der Waals surface area contributed by atoms with Crippen molar-refractivity contribution in [3.63, 3.8) is 0 Å². The molecule has 4 aliphatic rings. The molecule has 7 rings (SSSR count). The summed E-state index contributed by atoms with van der Waals surface area (Å²) < 4.78 is 78.9. The van der Waals surface area contributed by atoms with E-state index in [1.807, 2.05) is 6.92 Å². The minimum atomic E-state index is -2.80. The summed E-state index contributed by atoms with van der Waals surface area (Å²) in [4.78, 5) is 52.0. The predicted molar refractivity (Wildman–Crippen MR) is 169 cm³/mol. The highest BCUT2D eigenvalue weighted by Gasteiger charge is 2.77. The maximum absolute atomic E-state index is 15.2. The van der Waals surface area contributed by atoms with E-state index < -0.39 is 104 Å². The molecule has 260 valence electrons. The van der Waals surface area contributed by atoms with Crippen molar-refractivity contribution < 1.29 is 51.0 Å². The Labute approximate surface area is 291 Å². The number of rotatable bonds is 5. The minimum Gasteiger partial charge on any atom is -0.508 e. The number of hydrogen-bond donors (Lipinski definition) is 1. The molecular formula is C35H25Cl2F5N2O6. The molecule has 6 atom stereocenters. The van der Waals surface area contributed by atoms with Crippen LogP contribution in [0.4, 0.5) is 33.3 Å². The third-order valence-electron chi connectivity index (χ3n) is 10.4. The number of allylic oxidation sites excluding steroid dienone is 2. The van der Waals surface area contributed by atoms with Gasteiger partial charge in [0.05, 0.1) is 24.6 Å². The van der Waals surface area contributed by atoms with Crippen LogP contribution in [0.15, 0.2) is 54.1 Å². The topological polar surface area (TPSA) is 104 Å². The number of hydrogen-bond acceptors (Lipinski definition) is 6. The molecule has 0 unspecified atom stereocenters. The molecule has 0 bridgehead atoms. The van der Waals surface area contributed by atoms with Crippen LogP contribution in [0, 0.1) is 46.8 Å². The van der Waals surface area contributed by atoms with Crippen LogP contribution in [0.3, 0.4) is 0 Å². The van der Waals surface area contributed by atoms with E-state index in [9.17, 15) is 37.5 Å². The standard InChI is InChI=1S/C35H25Cl2F5N2O6/c1-3-14-7-9-15(10-8-14)43-30(46)17-12-11-16-18(21(17)31(43)47)13-34(36)32(48)44(29-27(41)25(39)24(38)26(40)28(29)42)33(49)35(34,37)23(16)22-19(45)5-4-6-20(22)50-2/h4-11,17-18,21,23,45H,3,12-13H2,1-2H3/t17-,18+,21-,23+,34+,35-/m0/s1. The SMILES string of the molecule is CCc1ccc(N2C(=O)[C@H]3[C@H](CC=C4[C@H]3C[C@@]3(Cl)C(=O)N(c5c(F)c(F)c(F)c(F)c5F)C(=O)[C@@]3(Cl)[C@H]4c3c(O)cccc3OC)C2=O)cc1. The first-order valence-corrected chi connectivity index (χ1v) is 16.2. The fraction of sp³-hybridized carbons (Fsp3) is 0.314. The van der Waals surface area contributed by atoms with E-state index >= 15 is 8.78 Å². The number of amides is 4. The zero-order chi connectivity index (χ0) is 36.2. The van der Waals surface area contributed by atoms with Gasteiger partial charge in [0, 0.05) is 11.5 Å². The van der Waals surface area contributed by atoms with Gasteiger partial charge in [-0.15, -0.1) is 23.2 Å². The summed E-state index contributed by atoms with van der Waals surface area (Å²) >= 11 is 14.3. The van der Waals surface area contributed by atoms with E-state index in [0.717, 1.165) is 10.5 Å². The molecule has 0 radical (unpaired) electrons. The smallest absolute Gasteiger partial charge is 0.258 e. The lowest BCUT2D eigenvalue weighted by atomic mass is 9.56. The summed E-state index contributed by atoms with van der Waals surface area (Å²) in [5.41, 5.74) is -0.667. The minimum absolute atomic E-state index is 0.0528. The van der Waals surface area contributed by atoms with E-state index in [4.69, 9.17) is 27.9 Å². The Morgan fingerprint density at radius 2 is 1.46 bits per heavy atom. The molecule has 2 saturated heterocycles. The monoisotopic (exact) mass is 734 g/mol. The second-order valence-corrected chi connectivity index (χ2v) is 13.9. The van der Waals surface area contributed by atoms with Crippen LogP contribution in [0.5, 0.6) is 11.5 Å². The summed E-state index contributed by atoms with van der Waals surface area (Å²) in [7, 11) is 1.22. The van der Waals surface area contributed by atoms with Gasteiger partial charge in [0.2, 0.25) is 17.6 Å². The highest BCUT2D eigenvalue weighted by molar-refractivity contribution is 6.58. The van der Waals surface area contributed by atoms with Gasteiger partial charge in [-0.2, -0.15) is 0 Å². The number of anilines is 2. The van der Waals surface area contributed by atoms with Gasteiger partial charge in [0.25, 0.3) is 11.8 Å². The first-order valence-electron chi connectivity index (χ1n) is 15.5. The fourth-order valence-electron chi connectivity index (χ4n) is 8.02. The van der Waals surface area contributed by atoms with Gasteiger partial charge in [-0.3, -0.25) is 24.1 Å². The molecule has 2 aliphatic carbocycles. The van der Waals surface area contributed by atoms with Crippen LogP contribution < -0.4 is 14.5 Å². The molecule has 2 aliphatic heterocycles. The third-order valence-corrected chi connectivity index (χ3v) is 11.8. The van der Waals surface area contributed by atoms with Crippen molar-refractivity contribution >= 4 is 58.2 Å². The van der Waals surface area contributed by atoms with Crippen molar-refractivity contribution in [2.24, 2.45) is 17.8 Å². The second-order valence-electron chi connectivity index (χ2n) is 12.6. The van der Waals surface area contributed by atoms with Crippen LogP contribution >= 0.6 is 23.2 Å². The Hall–Kier alpha value is -4.49. The van der Waals surface area contributed by atoms with Gasteiger partial charge in [0.1, 0.15) is 17.2 Å². The van der Waals surface area contributed by atoms with Crippen molar-refractivity contribution in [3.8, 4) is 11.5 Å². The number of phenolic OH excluding ortho intramolecular Hbond substituents is 1. The van der Waals surface area contributed by atoms with E-state index in [1.54, 1.807) is 24.3 Å². The zero-order valence-electron chi connectivity index (χ0n) is 26.1. The van der Waals surface area contributed by atoms with E-state index in [0.29, 0.717) is 12.1 Å². The van der Waals surface area contributed by atoms with Crippen molar-refractivity contribution in [2.75, 3.05) is 16.9 Å². The van der Waals surface area contributed by atoms with Gasteiger partial charge < -0.3 is 9.84 Å². The van der Waals surface area contributed by atoms with Gasteiger partial charge in [-0.05, 0) is 55.0 Å². The maximum Gasteiger partial charge on any atom is 0.258 e. The predicted octanol–water partition coefficient (Wildman–Crippen LogP) is 6.43. The van der Waals surface area contributed by atoms with E-state index in [-0.39, 0.29) is 28.2 Å². The van der Waals surface area contributed by atoms with Crippen LogP contribution in [-0.4, -0.2) is 45.6 Å². The Kier molecular flexibility index (Phi) is 7.83. The number of carbonyl (C=O) groups is 4. The summed E-state index contributed by atoms with van der Waals surface area (Å²) in [5, 5.41) is 11.2. The molecule has 1 saturated carbocycles. The molecule has 15 heteroatoms. The van der Waals surface area contributed by atoms with E-state index in [1.165, 1.54) is 31.4 Å². The number of aryl methyl sites for hydroxylation is 1. The number of benzene rings is 3. The van der Waals surface area contributed by atoms with Crippen LogP contribution in [-0.2, 0) is 25.6 Å². The molecule has 1 N–H and O–H groups in total. The maximum atomic E-state index is 15.2. The summed E-state index contributed by atoms with van der Waals surface area (Å²) in [6, 6.07) is 10.7. The molecule has 3 fully saturated rings. The summed E-state index contributed by atoms with van der Waals surface area (Å²) in [6.45, 7) is 1.93. The second kappa shape index (κ2) is 11.5. The van der Waals surface area contributed by atoms with Gasteiger partial charge in [-0.1, -0.05) is 36.8 Å². The quantitative estimate of drug-likeness (QED) is 0.0810. The molecule has 8 nitrogen and oxygen atoms in total. The van der Waals surface area contributed by atoms with Crippen LogP contribution in [0.2, 0.25) is 0 Å². The molecule has 3 aromatic rings. The number of halogens is 7. The average molecular weight is 735 g/mol. The number of imide groups is 2. The Morgan fingerprint density at radius 3 is 2.06 bits per heavy atom. The van der Waals surface area contributed by atoms with Crippen LogP contribution in [0.1, 0.15) is 36.8 Å². The van der Waals surface area contributed by atoms with Crippen LogP contribution in [0.25, 0.3) is 0 Å². The molecule has 0 spiro atoms. The first kappa shape index (κ1) is 34.0. The summed E-state index contributed by atoms with van der Waals surface area (Å²) in [6.07, 6.45) is 1.52. The van der Waals surface area contributed by atoms with E-state index in [2.05, 4.69) is 0 Å². The lowest BCUT2D eigenvalue weighted by Gasteiger charge is -2.50. The zero-order valence-corrected chi connectivity index (χ0v) is 27.6. The fourth-order valence-corrected chi connectivity index (χ4v) is 8.94. The number of methoxy groups -OCH3 is 1. The molecular weight excluding hydrogens is 710 g/mol.